The van der Waals surface area contributed by atoms with Gasteiger partial charge in [0.15, 0.2) is 0 Å². The van der Waals surface area contributed by atoms with Crippen molar-refractivity contribution in [2.75, 3.05) is 6.54 Å². The van der Waals surface area contributed by atoms with Crippen LogP contribution in [0, 0.1) is 0 Å². The van der Waals surface area contributed by atoms with Crippen molar-refractivity contribution in [3.8, 4) is 0 Å². The van der Waals surface area contributed by atoms with Gasteiger partial charge in [-0.05, 0) is 19.4 Å². The Morgan fingerprint density at radius 2 is 2.50 bits per heavy atom. The van der Waals surface area contributed by atoms with Crippen LogP contribution in [-0.2, 0) is 6.42 Å². The van der Waals surface area contributed by atoms with Crippen LogP contribution < -0.4 is 5.73 Å². The van der Waals surface area contributed by atoms with E-state index in [2.05, 4.69) is 17.3 Å². The van der Waals surface area contributed by atoms with Gasteiger partial charge in [-0.15, -0.1) is 11.3 Å². The summed E-state index contributed by atoms with van der Waals surface area (Å²) in [6.07, 6.45) is 3.05. The number of aryl methyl sites for hydroxylation is 1. The minimum atomic E-state index is 0.610. The fourth-order valence-electron chi connectivity index (χ4n) is 0.865. The zero-order valence-corrected chi connectivity index (χ0v) is 8.32. The first-order chi connectivity index (χ1) is 5.76. The van der Waals surface area contributed by atoms with Gasteiger partial charge in [-0.1, -0.05) is 12.5 Å². The van der Waals surface area contributed by atoms with E-state index in [1.165, 1.54) is 10.6 Å². The van der Waals surface area contributed by atoms with Crippen molar-refractivity contribution in [2.45, 2.75) is 20.3 Å². The average Bonchev–Trinajstić information content (AvgIpc) is 2.52. The van der Waals surface area contributed by atoms with E-state index in [0.29, 0.717) is 6.54 Å². The highest BCUT2D eigenvalue weighted by Gasteiger charge is 1.96. The molecule has 1 rings (SSSR count). The lowest BCUT2D eigenvalue weighted by molar-refractivity contribution is 1.08. The predicted molar refractivity (Wildman–Crippen MR) is 54.2 cm³/mol. The smallest absolute Gasteiger partial charge is 0.0929 e. The molecule has 0 saturated carbocycles. The number of rotatable bonds is 3. The van der Waals surface area contributed by atoms with E-state index in [-0.39, 0.29) is 0 Å². The van der Waals surface area contributed by atoms with Crippen LogP contribution in [0.1, 0.15) is 24.5 Å². The van der Waals surface area contributed by atoms with E-state index in [1.807, 2.05) is 13.0 Å². The third-order valence-corrected chi connectivity index (χ3v) is 2.60. The van der Waals surface area contributed by atoms with Gasteiger partial charge in [-0.25, -0.2) is 4.98 Å². The van der Waals surface area contributed by atoms with Crippen LogP contribution in [-0.4, -0.2) is 11.5 Å². The average molecular weight is 182 g/mol. The van der Waals surface area contributed by atoms with Crippen molar-refractivity contribution in [3.05, 3.63) is 21.7 Å². The van der Waals surface area contributed by atoms with Gasteiger partial charge in [0.1, 0.15) is 0 Å². The van der Waals surface area contributed by atoms with Gasteiger partial charge >= 0.3 is 0 Å². The van der Waals surface area contributed by atoms with Crippen LogP contribution in [0.3, 0.4) is 0 Å². The molecule has 0 amide bonds. The lowest BCUT2D eigenvalue weighted by Crippen LogP contribution is -1.99. The van der Waals surface area contributed by atoms with E-state index in [0.717, 1.165) is 12.1 Å². The molecular weight excluding hydrogens is 168 g/mol. The van der Waals surface area contributed by atoms with Crippen LogP contribution in [0.2, 0.25) is 0 Å². The lowest BCUT2D eigenvalue weighted by atomic mass is 10.2. The number of hydrogen-bond donors (Lipinski definition) is 1. The number of aromatic nitrogens is 1. The first-order valence-corrected chi connectivity index (χ1v) is 4.96. The highest BCUT2D eigenvalue weighted by atomic mass is 32.1. The molecule has 0 aliphatic rings. The maximum Gasteiger partial charge on any atom is 0.0929 e. The molecule has 0 saturated heterocycles. The normalized spacial score (nSPS) is 12.1. The molecule has 1 aromatic rings. The Hall–Kier alpha value is -0.670. The fraction of sp³-hybridized carbons (Fsp3) is 0.444. The molecule has 0 aliphatic carbocycles. The van der Waals surface area contributed by atoms with Crippen molar-refractivity contribution in [1.82, 2.24) is 4.98 Å². The van der Waals surface area contributed by atoms with Crippen molar-refractivity contribution in [1.29, 1.82) is 0 Å². The molecule has 66 valence electrons. The summed E-state index contributed by atoms with van der Waals surface area (Å²) >= 11 is 1.71. The minimum Gasteiger partial charge on any atom is -0.327 e. The first-order valence-electron chi connectivity index (χ1n) is 4.08. The second kappa shape index (κ2) is 4.38. The second-order valence-corrected chi connectivity index (χ2v) is 3.66. The zero-order chi connectivity index (χ0) is 8.97. The molecule has 3 heteroatoms. The van der Waals surface area contributed by atoms with Crippen LogP contribution in [0.4, 0.5) is 0 Å². The van der Waals surface area contributed by atoms with E-state index < -0.39 is 0 Å². The minimum absolute atomic E-state index is 0.610. The summed E-state index contributed by atoms with van der Waals surface area (Å²) in [5.74, 6) is 0. The van der Waals surface area contributed by atoms with Gasteiger partial charge in [0.25, 0.3) is 0 Å². The van der Waals surface area contributed by atoms with Crippen molar-refractivity contribution < 1.29 is 0 Å². The maximum absolute atomic E-state index is 5.47. The summed E-state index contributed by atoms with van der Waals surface area (Å²) in [7, 11) is 0. The molecule has 0 spiro atoms. The molecule has 0 fully saturated rings. The standard InChI is InChI=1S/C9H14N2S/c1-3-9-11-8(6-12-9)4-7(2)5-10/h4,6H,3,5,10H2,1-2H3/b7-4-. The molecule has 0 radical (unpaired) electrons. The summed E-state index contributed by atoms with van der Waals surface area (Å²) in [5, 5.41) is 3.25. The number of thiazole rings is 1. The molecule has 12 heavy (non-hydrogen) atoms. The quantitative estimate of drug-likeness (QED) is 0.777. The van der Waals surface area contributed by atoms with E-state index >= 15 is 0 Å². The molecule has 0 bridgehead atoms. The highest BCUT2D eigenvalue weighted by Crippen LogP contribution is 2.12. The lowest BCUT2D eigenvalue weighted by Gasteiger charge is -1.91. The number of nitrogens with zero attached hydrogens (tertiary/aromatic N) is 1. The highest BCUT2D eigenvalue weighted by molar-refractivity contribution is 7.09. The Kier molecular flexibility index (Phi) is 3.44. The molecular formula is C9H14N2S. The Morgan fingerprint density at radius 1 is 1.75 bits per heavy atom. The van der Waals surface area contributed by atoms with Gasteiger partial charge in [0, 0.05) is 11.9 Å². The first kappa shape index (κ1) is 9.42. The largest absolute Gasteiger partial charge is 0.327 e. The Bertz CT molecular complexity index is 276. The number of hydrogen-bond acceptors (Lipinski definition) is 3. The third kappa shape index (κ3) is 2.43. The Balaban J connectivity index is 2.76. The van der Waals surface area contributed by atoms with Crippen molar-refractivity contribution >= 4 is 17.4 Å². The summed E-state index contributed by atoms with van der Waals surface area (Å²) in [6.45, 7) is 4.74. The van der Waals surface area contributed by atoms with Gasteiger partial charge in [0.2, 0.25) is 0 Å². The number of nitrogens with two attached hydrogens (primary N) is 1. The fourth-order valence-corrected chi connectivity index (χ4v) is 1.57. The van der Waals surface area contributed by atoms with Crippen LogP contribution in [0.15, 0.2) is 11.0 Å². The van der Waals surface area contributed by atoms with Crippen molar-refractivity contribution in [2.24, 2.45) is 5.73 Å². The van der Waals surface area contributed by atoms with Crippen LogP contribution >= 0.6 is 11.3 Å². The molecule has 2 nitrogen and oxygen atoms in total. The van der Waals surface area contributed by atoms with Crippen molar-refractivity contribution in [3.63, 3.8) is 0 Å². The molecule has 2 N–H and O–H groups in total. The summed E-state index contributed by atoms with van der Waals surface area (Å²) in [5.41, 5.74) is 7.68. The second-order valence-electron chi connectivity index (χ2n) is 2.71. The van der Waals surface area contributed by atoms with Crippen LogP contribution in [0.25, 0.3) is 6.08 Å². The zero-order valence-electron chi connectivity index (χ0n) is 7.50. The van der Waals surface area contributed by atoms with Gasteiger partial charge < -0.3 is 5.73 Å². The van der Waals surface area contributed by atoms with E-state index in [9.17, 15) is 0 Å². The van der Waals surface area contributed by atoms with E-state index in [1.54, 1.807) is 11.3 Å². The molecule has 0 unspecified atom stereocenters. The maximum atomic E-state index is 5.47. The Labute approximate surface area is 77.1 Å². The molecule has 1 aromatic heterocycles. The molecule has 0 atom stereocenters. The Morgan fingerprint density at radius 3 is 3.00 bits per heavy atom. The molecule has 1 heterocycles. The molecule has 0 aromatic carbocycles. The third-order valence-electron chi connectivity index (χ3n) is 1.59. The molecule has 0 aliphatic heterocycles. The van der Waals surface area contributed by atoms with Gasteiger partial charge in [-0.3, -0.25) is 0 Å². The SMILES string of the molecule is CCc1nc(/C=C(/C)CN)cs1. The topological polar surface area (TPSA) is 38.9 Å². The van der Waals surface area contributed by atoms with E-state index in [4.69, 9.17) is 5.73 Å². The van der Waals surface area contributed by atoms with Gasteiger partial charge in [-0.2, -0.15) is 0 Å². The predicted octanol–water partition coefficient (Wildman–Crippen LogP) is 2.07. The van der Waals surface area contributed by atoms with Gasteiger partial charge in [0.05, 0.1) is 10.7 Å². The monoisotopic (exact) mass is 182 g/mol. The summed E-state index contributed by atoms with van der Waals surface area (Å²) in [6, 6.07) is 0. The summed E-state index contributed by atoms with van der Waals surface area (Å²) in [4.78, 5) is 4.40. The summed E-state index contributed by atoms with van der Waals surface area (Å²) < 4.78 is 0. The van der Waals surface area contributed by atoms with Crippen LogP contribution in [0.5, 0.6) is 0 Å².